The van der Waals surface area contributed by atoms with Crippen molar-refractivity contribution in [2.45, 2.75) is 26.8 Å². The minimum Gasteiger partial charge on any atom is -0.465 e. The largest absolute Gasteiger partial charge is 0.465 e. The van der Waals surface area contributed by atoms with Crippen LogP contribution in [0, 0.1) is 13.8 Å². The van der Waals surface area contributed by atoms with E-state index in [4.69, 9.17) is 9.15 Å². The van der Waals surface area contributed by atoms with Gasteiger partial charge in [-0.3, -0.25) is 9.78 Å². The van der Waals surface area contributed by atoms with Gasteiger partial charge in [0.1, 0.15) is 11.3 Å². The first-order valence-corrected chi connectivity index (χ1v) is 11.3. The second-order valence-electron chi connectivity index (χ2n) is 8.74. The highest BCUT2D eigenvalue weighted by Gasteiger charge is 2.19. The molecular formula is C28H25N3O4. The van der Waals surface area contributed by atoms with Crippen molar-refractivity contribution < 1.29 is 13.9 Å². The van der Waals surface area contributed by atoms with Gasteiger partial charge in [-0.2, -0.15) is 0 Å². The van der Waals surface area contributed by atoms with Gasteiger partial charge < -0.3 is 19.5 Å². The molecule has 7 nitrogen and oxygen atoms in total. The molecule has 35 heavy (non-hydrogen) atoms. The Bertz CT molecular complexity index is 1650. The smallest absolute Gasteiger partial charge is 0.340 e. The van der Waals surface area contributed by atoms with Gasteiger partial charge in [0.05, 0.1) is 36.0 Å². The maximum absolute atomic E-state index is 13.2. The van der Waals surface area contributed by atoms with E-state index in [2.05, 4.69) is 21.4 Å². The van der Waals surface area contributed by atoms with Crippen molar-refractivity contribution in [2.75, 3.05) is 12.4 Å². The molecule has 0 saturated heterocycles. The number of carbonyl (C=O) groups excluding carboxylic acids is 1. The topological polar surface area (TPSA) is 97.2 Å². The molecule has 0 bridgehead atoms. The zero-order chi connectivity index (χ0) is 24.7. The summed E-state index contributed by atoms with van der Waals surface area (Å²) in [7, 11) is 1.34. The van der Waals surface area contributed by atoms with Crippen LogP contribution >= 0.6 is 0 Å². The number of carbonyl (C=O) groups is 1. The van der Waals surface area contributed by atoms with Crippen molar-refractivity contribution in [1.29, 1.82) is 0 Å². The van der Waals surface area contributed by atoms with Crippen molar-refractivity contribution in [1.82, 2.24) is 9.97 Å². The second-order valence-corrected chi connectivity index (χ2v) is 8.74. The number of ether oxygens (including phenoxy) is 1. The van der Waals surface area contributed by atoms with Crippen LogP contribution in [-0.4, -0.2) is 23.0 Å². The molecule has 0 spiro atoms. The predicted molar refractivity (Wildman–Crippen MR) is 137 cm³/mol. The molecule has 0 saturated carbocycles. The molecule has 2 N–H and O–H groups in total. The average molecular weight is 468 g/mol. The number of esters is 1. The molecule has 5 aromatic rings. The minimum atomic E-state index is -0.458. The highest BCUT2D eigenvalue weighted by atomic mass is 16.5. The van der Waals surface area contributed by atoms with Crippen LogP contribution in [-0.2, 0) is 4.74 Å². The number of rotatable bonds is 5. The van der Waals surface area contributed by atoms with Gasteiger partial charge in [-0.15, -0.1) is 0 Å². The molecule has 5 rings (SSSR count). The highest BCUT2D eigenvalue weighted by Crippen LogP contribution is 2.32. The Hall–Kier alpha value is -4.39. The van der Waals surface area contributed by atoms with Gasteiger partial charge in [-0.1, -0.05) is 6.07 Å². The minimum absolute atomic E-state index is 0.111. The Morgan fingerprint density at radius 3 is 2.74 bits per heavy atom. The third-order valence-electron chi connectivity index (χ3n) is 6.11. The molecule has 0 fully saturated rings. The number of aromatic nitrogens is 2. The lowest BCUT2D eigenvalue weighted by atomic mass is 10.00. The number of benzene rings is 2. The molecule has 0 aliphatic rings. The third-order valence-corrected chi connectivity index (χ3v) is 6.11. The Balaban J connectivity index is 1.62. The van der Waals surface area contributed by atoms with Gasteiger partial charge in [0.15, 0.2) is 5.43 Å². The van der Waals surface area contributed by atoms with Crippen molar-refractivity contribution in [3.05, 3.63) is 93.5 Å². The van der Waals surface area contributed by atoms with Crippen LogP contribution in [0.4, 0.5) is 5.69 Å². The summed E-state index contributed by atoms with van der Waals surface area (Å²) < 4.78 is 11.3. The van der Waals surface area contributed by atoms with Crippen molar-refractivity contribution in [3.63, 3.8) is 0 Å². The monoisotopic (exact) mass is 467 g/mol. The maximum atomic E-state index is 13.2. The standard InChI is InChI=1S/C28H25N3O4/c1-15-9-21(17(3)31-24-14-29-8-7-20(24)28(33)34-4)27-22(10-15)25(32)13-26(35-27)18-5-6-23-19(12-18)11-16(2)30-23/h5-14,17,30-31H,1-4H3. The predicted octanol–water partition coefficient (Wildman–Crippen LogP) is 5.91. The van der Waals surface area contributed by atoms with Gasteiger partial charge in [0.25, 0.3) is 0 Å². The summed E-state index contributed by atoms with van der Waals surface area (Å²) in [5.41, 5.74) is 5.96. The number of nitrogens with one attached hydrogen (secondary N) is 2. The summed E-state index contributed by atoms with van der Waals surface area (Å²) >= 11 is 0. The van der Waals surface area contributed by atoms with E-state index < -0.39 is 5.97 Å². The fourth-order valence-corrected chi connectivity index (χ4v) is 4.44. The van der Waals surface area contributed by atoms with E-state index in [0.717, 1.165) is 33.3 Å². The van der Waals surface area contributed by atoms with E-state index in [-0.39, 0.29) is 11.5 Å². The van der Waals surface area contributed by atoms with Crippen molar-refractivity contribution in [3.8, 4) is 11.3 Å². The van der Waals surface area contributed by atoms with Crippen LogP contribution in [0.1, 0.15) is 40.1 Å². The van der Waals surface area contributed by atoms with E-state index >= 15 is 0 Å². The molecule has 176 valence electrons. The van der Waals surface area contributed by atoms with Gasteiger partial charge in [-0.25, -0.2) is 4.79 Å². The number of anilines is 1. The number of hydrogen-bond donors (Lipinski definition) is 2. The fourth-order valence-electron chi connectivity index (χ4n) is 4.44. The fraction of sp³-hybridized carbons (Fsp3) is 0.179. The molecule has 2 aromatic carbocycles. The summed E-state index contributed by atoms with van der Waals surface area (Å²) in [4.78, 5) is 32.8. The summed E-state index contributed by atoms with van der Waals surface area (Å²) in [6.45, 7) is 5.89. The molecule has 0 amide bonds. The second kappa shape index (κ2) is 8.76. The van der Waals surface area contributed by atoms with E-state index in [9.17, 15) is 9.59 Å². The first kappa shape index (κ1) is 22.4. The number of aryl methyl sites for hydroxylation is 2. The normalized spacial score (nSPS) is 12.1. The Morgan fingerprint density at radius 2 is 1.94 bits per heavy atom. The molecule has 7 heteroatoms. The third kappa shape index (κ3) is 4.17. The lowest BCUT2D eigenvalue weighted by Crippen LogP contribution is -2.13. The number of hydrogen-bond acceptors (Lipinski definition) is 6. The molecule has 0 aliphatic carbocycles. The molecule has 0 aliphatic heterocycles. The van der Waals surface area contributed by atoms with Crippen LogP contribution in [0.5, 0.6) is 0 Å². The Labute approximate surface area is 201 Å². The zero-order valence-electron chi connectivity index (χ0n) is 19.9. The first-order valence-electron chi connectivity index (χ1n) is 11.3. The number of H-pyrrole nitrogens is 1. The summed E-state index contributed by atoms with van der Waals surface area (Å²) in [5, 5.41) is 4.90. The Morgan fingerprint density at radius 1 is 1.11 bits per heavy atom. The summed E-state index contributed by atoms with van der Waals surface area (Å²) in [6.07, 6.45) is 3.12. The number of methoxy groups -OCH3 is 1. The van der Waals surface area contributed by atoms with Gasteiger partial charge >= 0.3 is 5.97 Å². The zero-order valence-corrected chi connectivity index (χ0v) is 19.9. The van der Waals surface area contributed by atoms with Gasteiger partial charge in [-0.05, 0) is 62.7 Å². The number of aromatic amines is 1. The summed E-state index contributed by atoms with van der Waals surface area (Å²) in [5.74, 6) is 0.0394. The summed E-state index contributed by atoms with van der Waals surface area (Å²) in [6, 6.07) is 14.7. The van der Waals surface area contributed by atoms with Crippen molar-refractivity contribution in [2.24, 2.45) is 0 Å². The van der Waals surface area contributed by atoms with Crippen LogP contribution < -0.4 is 10.7 Å². The maximum Gasteiger partial charge on any atom is 0.340 e. The van der Waals surface area contributed by atoms with E-state index in [1.807, 2.05) is 51.1 Å². The lowest BCUT2D eigenvalue weighted by molar-refractivity contribution is 0.0601. The molecule has 0 radical (unpaired) electrons. The van der Waals surface area contributed by atoms with Crippen LogP contribution in [0.25, 0.3) is 33.2 Å². The first-order chi connectivity index (χ1) is 16.8. The molecule has 1 unspecified atom stereocenters. The number of pyridine rings is 1. The number of nitrogens with zero attached hydrogens (tertiary/aromatic N) is 1. The van der Waals surface area contributed by atoms with E-state index in [1.165, 1.54) is 13.3 Å². The number of fused-ring (bicyclic) bond motifs is 2. The van der Waals surface area contributed by atoms with Crippen LogP contribution in [0.2, 0.25) is 0 Å². The van der Waals surface area contributed by atoms with E-state index in [0.29, 0.717) is 28.0 Å². The van der Waals surface area contributed by atoms with Gasteiger partial charge in [0, 0.05) is 40.0 Å². The molecule has 1 atom stereocenters. The average Bonchev–Trinajstić information content (AvgIpc) is 3.23. The molecular weight excluding hydrogens is 442 g/mol. The highest BCUT2D eigenvalue weighted by molar-refractivity contribution is 5.95. The lowest BCUT2D eigenvalue weighted by Gasteiger charge is -2.19. The quantitative estimate of drug-likeness (QED) is 0.312. The Kier molecular flexibility index (Phi) is 5.61. The van der Waals surface area contributed by atoms with Crippen molar-refractivity contribution >= 4 is 33.5 Å². The molecule has 3 heterocycles. The van der Waals surface area contributed by atoms with Gasteiger partial charge in [0.2, 0.25) is 0 Å². The van der Waals surface area contributed by atoms with Crippen LogP contribution in [0.15, 0.2) is 70.1 Å². The molecule has 3 aromatic heterocycles. The SMILES string of the molecule is COC(=O)c1ccncc1NC(C)c1cc(C)cc2c(=O)cc(-c3ccc4[nH]c(C)cc4c3)oc12. The van der Waals surface area contributed by atoms with E-state index in [1.54, 1.807) is 18.3 Å². The van der Waals surface area contributed by atoms with Crippen LogP contribution in [0.3, 0.4) is 0 Å².